The van der Waals surface area contributed by atoms with Gasteiger partial charge in [0.15, 0.2) is 23.2 Å². The Morgan fingerprint density at radius 3 is 2.18 bits per heavy atom. The molecule has 1 aliphatic rings. The highest BCUT2D eigenvalue weighted by molar-refractivity contribution is 6.01. The molecule has 0 radical (unpaired) electrons. The number of nitrogens with zero attached hydrogens (tertiary/aromatic N) is 5. The highest BCUT2D eigenvalue weighted by Crippen LogP contribution is 2.35. The molecule has 5 rings (SSSR count). The van der Waals surface area contributed by atoms with Gasteiger partial charge in [0.2, 0.25) is 5.88 Å². The molecule has 4 aromatic rings. The molecule has 12 heteroatoms. The molecule has 0 aliphatic carbocycles. The lowest BCUT2D eigenvalue weighted by atomic mass is 10.2. The smallest absolute Gasteiger partial charge is 0.235 e. The standard InChI is InChI=1S/C25H25F2N7O2.C8H11F.2C2H6/c1-14-10-17-22(27)19(11-18(26)23(17)31-14)36-25-21(15(2)35)24(29-13-30-25)32-20-5-4-16(12-28-20)34-8-6-33(3)7-9-34;1-6(2)5-7(3)8(4)9;2*1-2/h4-5,10-13,31H,6-9H2,1-3H3,(H,28,29,30,32);5H,3-4H2,1-2H3;2*1-2H3. The first-order valence-corrected chi connectivity index (χ1v) is 16.2. The Balaban J connectivity index is 0.000000553. The van der Waals surface area contributed by atoms with E-state index < -0.39 is 23.2 Å². The second-order valence-electron chi connectivity index (χ2n) is 10.9. The molecule has 1 fully saturated rings. The number of likely N-dealkylation sites (N-methyl/N-ethyl adjacent to an activating group) is 1. The molecule has 0 amide bonds. The third kappa shape index (κ3) is 11.0. The van der Waals surface area contributed by atoms with Gasteiger partial charge in [0.25, 0.3) is 0 Å². The van der Waals surface area contributed by atoms with Gasteiger partial charge >= 0.3 is 0 Å². The van der Waals surface area contributed by atoms with Crippen molar-refractivity contribution in [3.63, 3.8) is 0 Å². The van der Waals surface area contributed by atoms with Gasteiger partial charge in [-0.25, -0.2) is 28.1 Å². The fraction of sp³-hybridized carbons (Fsp3) is 0.351. The van der Waals surface area contributed by atoms with Gasteiger partial charge in [-0.05, 0) is 52.9 Å². The van der Waals surface area contributed by atoms with E-state index in [0.717, 1.165) is 43.5 Å². The lowest BCUT2D eigenvalue weighted by Gasteiger charge is -2.33. The number of Topliss-reactive ketones (excluding diaryl/α,β-unsaturated/α-hetero) is 1. The zero-order valence-electron chi connectivity index (χ0n) is 30.0. The predicted octanol–water partition coefficient (Wildman–Crippen LogP) is 9.47. The number of fused-ring (bicyclic) bond motifs is 1. The summed E-state index contributed by atoms with van der Waals surface area (Å²) in [6, 6.07) is 6.14. The van der Waals surface area contributed by atoms with Crippen LogP contribution in [0.5, 0.6) is 11.6 Å². The minimum Gasteiger partial charge on any atom is -0.435 e. The fourth-order valence-electron chi connectivity index (χ4n) is 4.63. The van der Waals surface area contributed by atoms with Crippen LogP contribution in [-0.4, -0.2) is 63.8 Å². The van der Waals surface area contributed by atoms with E-state index in [-0.39, 0.29) is 33.9 Å². The molecular weight excluding hydrogens is 631 g/mol. The number of piperazine rings is 1. The highest BCUT2D eigenvalue weighted by Gasteiger charge is 2.22. The van der Waals surface area contributed by atoms with E-state index in [1.807, 2.05) is 47.6 Å². The molecule has 2 N–H and O–H groups in total. The van der Waals surface area contributed by atoms with E-state index in [1.54, 1.807) is 25.3 Å². The molecule has 0 spiro atoms. The Morgan fingerprint density at radius 1 is 1.00 bits per heavy atom. The van der Waals surface area contributed by atoms with E-state index >= 15 is 4.39 Å². The van der Waals surface area contributed by atoms with Gasteiger partial charge in [0.05, 0.1) is 17.4 Å². The van der Waals surface area contributed by atoms with Crippen molar-refractivity contribution in [3.8, 4) is 11.6 Å². The molecule has 264 valence electrons. The molecule has 49 heavy (non-hydrogen) atoms. The number of rotatable bonds is 8. The zero-order chi connectivity index (χ0) is 36.8. The summed E-state index contributed by atoms with van der Waals surface area (Å²) in [5, 5.41) is 3.06. The quantitative estimate of drug-likeness (QED) is 0.140. The monoisotopic (exact) mass is 679 g/mol. The second-order valence-corrected chi connectivity index (χ2v) is 10.9. The van der Waals surface area contributed by atoms with Crippen LogP contribution in [-0.2, 0) is 0 Å². The van der Waals surface area contributed by atoms with Crippen LogP contribution in [0.25, 0.3) is 10.9 Å². The van der Waals surface area contributed by atoms with Gasteiger partial charge < -0.3 is 24.8 Å². The fourth-order valence-corrected chi connectivity index (χ4v) is 4.63. The van der Waals surface area contributed by atoms with Crippen molar-refractivity contribution >= 4 is 34.0 Å². The SMILES string of the molecule is C=C(F)C(=C)C=C(C)C.CC.CC.CC(=O)c1c(Nc2ccc(N3CCN(C)CC3)cn2)ncnc1Oc1cc(F)c2[nH]c(C)cc2c1F. The van der Waals surface area contributed by atoms with Gasteiger partial charge in [-0.1, -0.05) is 52.5 Å². The van der Waals surface area contributed by atoms with Crippen molar-refractivity contribution < 1.29 is 22.7 Å². The first kappa shape index (κ1) is 40.2. The Bertz CT molecular complexity index is 1760. The highest BCUT2D eigenvalue weighted by atomic mass is 19.1. The maximum absolute atomic E-state index is 15.1. The molecule has 1 aliphatic heterocycles. The van der Waals surface area contributed by atoms with Crippen molar-refractivity contribution in [1.82, 2.24) is 24.8 Å². The largest absolute Gasteiger partial charge is 0.435 e. The number of carbonyl (C=O) groups excluding carboxylic acids is 1. The Labute approximate surface area is 287 Å². The summed E-state index contributed by atoms with van der Waals surface area (Å²) in [5.41, 5.74) is 3.02. The molecule has 1 aromatic carbocycles. The zero-order valence-corrected chi connectivity index (χ0v) is 30.0. The number of ether oxygens (including phenoxy) is 1. The van der Waals surface area contributed by atoms with Crippen LogP contribution in [0.15, 0.2) is 73.0 Å². The van der Waals surface area contributed by atoms with Gasteiger partial charge in [0.1, 0.15) is 29.4 Å². The van der Waals surface area contributed by atoms with Gasteiger partial charge in [-0.2, -0.15) is 0 Å². The summed E-state index contributed by atoms with van der Waals surface area (Å²) in [5.74, 6) is -2.30. The van der Waals surface area contributed by atoms with Crippen LogP contribution in [0.2, 0.25) is 0 Å². The number of aromatic nitrogens is 4. The molecule has 0 unspecified atom stereocenters. The van der Waals surface area contributed by atoms with E-state index in [9.17, 15) is 13.6 Å². The lowest BCUT2D eigenvalue weighted by molar-refractivity contribution is 0.101. The number of aryl methyl sites for hydroxylation is 1. The summed E-state index contributed by atoms with van der Waals surface area (Å²) < 4.78 is 47.3. The van der Waals surface area contributed by atoms with Crippen LogP contribution in [0.4, 0.5) is 30.5 Å². The van der Waals surface area contributed by atoms with Crippen LogP contribution in [0.1, 0.15) is 64.5 Å². The van der Waals surface area contributed by atoms with E-state index in [2.05, 4.69) is 55.3 Å². The molecular formula is C37H48F3N7O2. The lowest BCUT2D eigenvalue weighted by Crippen LogP contribution is -2.44. The van der Waals surface area contributed by atoms with Crippen LogP contribution >= 0.6 is 0 Å². The predicted molar refractivity (Wildman–Crippen MR) is 194 cm³/mol. The number of hydrogen-bond acceptors (Lipinski definition) is 8. The topological polar surface area (TPSA) is 99.3 Å². The normalized spacial score (nSPS) is 12.3. The van der Waals surface area contributed by atoms with Crippen molar-refractivity contribution in [2.24, 2.45) is 0 Å². The van der Waals surface area contributed by atoms with E-state index in [1.165, 1.54) is 19.3 Å². The summed E-state index contributed by atoms with van der Waals surface area (Å²) in [7, 11) is 2.10. The average molecular weight is 680 g/mol. The number of halogens is 3. The Kier molecular flexibility index (Phi) is 15.7. The Hall–Kier alpha value is -4.97. The summed E-state index contributed by atoms with van der Waals surface area (Å²) in [6.07, 6.45) is 4.59. The third-order valence-electron chi connectivity index (χ3n) is 6.95. The maximum atomic E-state index is 15.1. The summed E-state index contributed by atoms with van der Waals surface area (Å²) in [4.78, 5) is 32.5. The van der Waals surface area contributed by atoms with E-state index in [4.69, 9.17) is 4.74 Å². The van der Waals surface area contributed by atoms with Crippen LogP contribution < -0.4 is 15.0 Å². The molecule has 9 nitrogen and oxygen atoms in total. The number of pyridine rings is 1. The van der Waals surface area contributed by atoms with Crippen molar-refractivity contribution in [3.05, 3.63) is 95.9 Å². The van der Waals surface area contributed by atoms with Crippen LogP contribution in [0.3, 0.4) is 0 Å². The number of nitrogens with one attached hydrogen (secondary N) is 2. The number of hydrogen-bond donors (Lipinski definition) is 2. The van der Waals surface area contributed by atoms with Crippen molar-refractivity contribution in [2.75, 3.05) is 43.4 Å². The number of allylic oxidation sites excluding steroid dienone is 4. The molecule has 1 saturated heterocycles. The number of benzene rings is 1. The van der Waals surface area contributed by atoms with Crippen LogP contribution in [0, 0.1) is 18.6 Å². The minimum atomic E-state index is -0.764. The number of ketones is 1. The van der Waals surface area contributed by atoms with Gasteiger partial charge in [0, 0.05) is 48.9 Å². The third-order valence-corrected chi connectivity index (χ3v) is 6.95. The van der Waals surface area contributed by atoms with E-state index in [0.29, 0.717) is 17.1 Å². The minimum absolute atomic E-state index is 0.00685. The number of anilines is 3. The molecule has 0 saturated carbocycles. The second kappa shape index (κ2) is 19.1. The summed E-state index contributed by atoms with van der Waals surface area (Å²) in [6.45, 7) is 25.1. The number of carbonyl (C=O) groups is 1. The molecule has 0 bridgehead atoms. The molecule has 4 heterocycles. The molecule has 3 aromatic heterocycles. The van der Waals surface area contributed by atoms with Gasteiger partial charge in [-0.15, -0.1) is 0 Å². The molecule has 0 atom stereocenters. The number of aromatic amines is 1. The van der Waals surface area contributed by atoms with Crippen molar-refractivity contribution in [1.29, 1.82) is 0 Å². The van der Waals surface area contributed by atoms with Crippen molar-refractivity contribution in [2.45, 2.75) is 55.4 Å². The van der Waals surface area contributed by atoms with Gasteiger partial charge in [-0.3, -0.25) is 4.79 Å². The average Bonchev–Trinajstić information content (AvgIpc) is 3.48. The summed E-state index contributed by atoms with van der Waals surface area (Å²) >= 11 is 0. The Morgan fingerprint density at radius 2 is 1.65 bits per heavy atom. The first-order chi connectivity index (χ1) is 23.3. The first-order valence-electron chi connectivity index (χ1n) is 16.2. The number of H-pyrrole nitrogens is 1. The maximum Gasteiger partial charge on any atom is 0.235 e.